The van der Waals surface area contributed by atoms with Crippen molar-refractivity contribution in [2.24, 2.45) is 0 Å². The number of hydrogen-bond donors (Lipinski definition) is 0. The van der Waals surface area contributed by atoms with Crippen molar-refractivity contribution in [1.82, 2.24) is 9.80 Å². The van der Waals surface area contributed by atoms with Crippen molar-refractivity contribution >= 4 is 0 Å². The number of hydrogen-bond acceptors (Lipinski definition) is 8. The van der Waals surface area contributed by atoms with E-state index in [4.69, 9.17) is 28.4 Å². The number of ether oxygens (including phenoxy) is 6. The van der Waals surface area contributed by atoms with E-state index in [9.17, 15) is 4.39 Å². The van der Waals surface area contributed by atoms with Gasteiger partial charge < -0.3 is 28.4 Å². The van der Waals surface area contributed by atoms with Gasteiger partial charge in [-0.3, -0.25) is 9.80 Å². The van der Waals surface area contributed by atoms with Crippen molar-refractivity contribution in [2.45, 2.75) is 51.0 Å². The molecule has 0 saturated carbocycles. The third-order valence-electron chi connectivity index (χ3n) is 11.2. The lowest BCUT2D eigenvalue weighted by molar-refractivity contribution is 0.103. The Kier molecular flexibility index (Phi) is 10.2. The molecule has 0 aliphatic carbocycles. The summed E-state index contributed by atoms with van der Waals surface area (Å²) in [6, 6.07) is 27.6. The Morgan fingerprint density at radius 3 is 2.15 bits per heavy atom. The van der Waals surface area contributed by atoms with Gasteiger partial charge in [0.1, 0.15) is 17.3 Å². The molecule has 0 radical (unpaired) electrons. The maximum atomic E-state index is 13.6. The molecule has 5 aromatic rings. The van der Waals surface area contributed by atoms with Gasteiger partial charge in [-0.15, -0.1) is 0 Å². The number of nitrogens with zero attached hydrogens (tertiary/aromatic N) is 2. The van der Waals surface area contributed by atoms with Crippen molar-refractivity contribution in [2.75, 3.05) is 48.5 Å². The van der Waals surface area contributed by atoms with Gasteiger partial charge in [0.15, 0.2) is 23.0 Å². The molecule has 0 N–H and O–H groups in total. The summed E-state index contributed by atoms with van der Waals surface area (Å²) in [5.41, 5.74) is 8.89. The molecule has 8 nitrogen and oxygen atoms in total. The van der Waals surface area contributed by atoms with Crippen LogP contribution in [0.25, 0.3) is 0 Å². The van der Waals surface area contributed by atoms with Crippen LogP contribution in [-0.2, 0) is 43.6 Å². The smallest absolute Gasteiger partial charge is 0.204 e. The lowest BCUT2D eigenvalue weighted by Gasteiger charge is -2.38. The van der Waals surface area contributed by atoms with Crippen molar-refractivity contribution in [1.29, 1.82) is 0 Å². The normalized spacial score (nSPS) is 18.1. The molecule has 6 bridgehead atoms. The maximum absolute atomic E-state index is 13.6. The van der Waals surface area contributed by atoms with Crippen LogP contribution in [0.1, 0.15) is 56.6 Å². The third-order valence-corrected chi connectivity index (χ3v) is 11.2. The summed E-state index contributed by atoms with van der Waals surface area (Å²) in [5, 5.41) is 0. The van der Waals surface area contributed by atoms with E-state index in [0.29, 0.717) is 41.8 Å². The van der Waals surface area contributed by atoms with Crippen LogP contribution in [0.5, 0.6) is 40.2 Å². The fourth-order valence-corrected chi connectivity index (χ4v) is 8.31. The summed E-state index contributed by atoms with van der Waals surface area (Å²) in [5.74, 6) is 4.32. The summed E-state index contributed by atoms with van der Waals surface area (Å²) < 4.78 is 51.7. The molecule has 0 saturated heterocycles. The molecule has 4 aliphatic rings. The first-order valence-corrected chi connectivity index (χ1v) is 18.6. The lowest BCUT2D eigenvalue weighted by atomic mass is 9.84. The van der Waals surface area contributed by atoms with Crippen LogP contribution in [0.4, 0.5) is 4.39 Å². The highest BCUT2D eigenvalue weighted by Gasteiger charge is 2.36. The van der Waals surface area contributed by atoms with Crippen molar-refractivity contribution in [3.8, 4) is 40.2 Å². The largest absolute Gasteiger partial charge is 0.493 e. The van der Waals surface area contributed by atoms with Gasteiger partial charge in [0, 0.05) is 36.3 Å². The number of fused-ring (bicyclic) bond motifs is 2. The van der Waals surface area contributed by atoms with E-state index in [1.165, 1.54) is 28.8 Å². The Balaban J connectivity index is 1.30. The maximum Gasteiger partial charge on any atom is 0.204 e. The zero-order valence-electron chi connectivity index (χ0n) is 31.6. The Bertz CT molecular complexity index is 2140. The van der Waals surface area contributed by atoms with Crippen LogP contribution < -0.4 is 23.7 Å². The summed E-state index contributed by atoms with van der Waals surface area (Å²) in [6.45, 7) is 2.40. The van der Waals surface area contributed by atoms with Crippen LogP contribution in [0.3, 0.4) is 0 Å². The topological polar surface area (TPSA) is 61.9 Å². The highest BCUT2D eigenvalue weighted by molar-refractivity contribution is 5.66. The molecule has 2 atom stereocenters. The first kappa shape index (κ1) is 35.9. The number of halogens is 1. The van der Waals surface area contributed by atoms with E-state index in [1.54, 1.807) is 33.5 Å². The second-order valence-corrected chi connectivity index (χ2v) is 14.5. The second kappa shape index (κ2) is 15.3. The third kappa shape index (κ3) is 6.99. The van der Waals surface area contributed by atoms with E-state index in [2.05, 4.69) is 66.4 Å². The first-order chi connectivity index (χ1) is 26.3. The van der Waals surface area contributed by atoms with Gasteiger partial charge in [-0.25, -0.2) is 4.39 Å². The number of methoxy groups -OCH3 is 3. The molecule has 9 rings (SSSR count). The van der Waals surface area contributed by atoms with Gasteiger partial charge >= 0.3 is 0 Å². The van der Waals surface area contributed by atoms with Gasteiger partial charge in [-0.05, 0) is 122 Å². The summed E-state index contributed by atoms with van der Waals surface area (Å²) in [4.78, 5) is 4.81. The summed E-state index contributed by atoms with van der Waals surface area (Å²) in [7, 11) is 9.36. The van der Waals surface area contributed by atoms with Gasteiger partial charge in [-0.2, -0.15) is 0 Å². The number of rotatable bonds is 7. The molecule has 0 aromatic heterocycles. The van der Waals surface area contributed by atoms with Crippen LogP contribution >= 0.6 is 0 Å². The van der Waals surface area contributed by atoms with Crippen molar-refractivity contribution in [3.63, 3.8) is 0 Å². The summed E-state index contributed by atoms with van der Waals surface area (Å²) in [6.07, 6.45) is 3.25. The molecule has 54 heavy (non-hydrogen) atoms. The molecule has 0 amide bonds. The van der Waals surface area contributed by atoms with Gasteiger partial charge in [0.2, 0.25) is 5.75 Å². The number of likely N-dealkylation sites (N-methyl/N-ethyl adjacent to an activating group) is 2. The van der Waals surface area contributed by atoms with E-state index < -0.39 is 0 Å². The molecular formula is C45H47FN2O6. The SMILES string of the molecule is COc1ccc2cc1Oc1ccc(cc1)C[C@H]1c3cc(ccc3CCN1C)Oc1c(OC)c(OC)c(COCc3ccc(F)cc3)c3c1[C@H](C2)N(C)CC3. The molecule has 0 fully saturated rings. The van der Waals surface area contributed by atoms with Crippen molar-refractivity contribution < 1.29 is 32.8 Å². The standard InChI is InChI=1S/C45H47FN2O6/c1-47-20-18-31-11-16-34-25-36(31)38(47)22-28-8-14-33(15-9-28)53-41-24-30(10-17-40(41)49-3)23-39-42-35(19-21-48(39)2)37(43(50-4)45(51-5)44(42)54-34)27-52-26-29-6-12-32(46)13-7-29/h6-17,24-25,38-39H,18-23,26-27H2,1-5H3/t38-,39-/m0/s1. The minimum absolute atomic E-state index is 0.0877. The molecule has 0 unspecified atom stereocenters. The van der Waals surface area contributed by atoms with Crippen LogP contribution in [0.2, 0.25) is 0 Å². The van der Waals surface area contributed by atoms with Crippen LogP contribution in [0.15, 0.2) is 84.9 Å². The highest BCUT2D eigenvalue weighted by Crippen LogP contribution is 2.53. The monoisotopic (exact) mass is 730 g/mol. The van der Waals surface area contributed by atoms with Gasteiger partial charge in [-0.1, -0.05) is 36.4 Å². The average Bonchev–Trinajstić information content (AvgIpc) is 3.18. The summed E-state index contributed by atoms with van der Waals surface area (Å²) >= 11 is 0. The molecule has 4 heterocycles. The van der Waals surface area contributed by atoms with Gasteiger partial charge in [0.25, 0.3) is 0 Å². The Labute approximate surface area is 316 Å². The molecule has 9 heteroatoms. The van der Waals surface area contributed by atoms with Gasteiger partial charge in [0.05, 0.1) is 34.5 Å². The molecule has 0 spiro atoms. The van der Waals surface area contributed by atoms with Crippen LogP contribution in [-0.4, -0.2) is 58.3 Å². The molecule has 5 aromatic carbocycles. The minimum atomic E-state index is -0.274. The zero-order chi connectivity index (χ0) is 37.3. The van der Waals surface area contributed by atoms with Crippen LogP contribution in [0, 0.1) is 5.82 Å². The highest BCUT2D eigenvalue weighted by atomic mass is 19.1. The van der Waals surface area contributed by atoms with Crippen molar-refractivity contribution in [3.05, 3.63) is 135 Å². The molecule has 280 valence electrons. The first-order valence-electron chi connectivity index (χ1n) is 18.6. The second-order valence-electron chi connectivity index (χ2n) is 14.5. The Morgan fingerprint density at radius 2 is 1.39 bits per heavy atom. The predicted octanol–water partition coefficient (Wildman–Crippen LogP) is 9.01. The Morgan fingerprint density at radius 1 is 0.685 bits per heavy atom. The Hall–Kier alpha value is -5.09. The fourth-order valence-electron chi connectivity index (χ4n) is 8.31. The molecule has 4 aliphatic heterocycles. The quantitative estimate of drug-likeness (QED) is 0.165. The lowest BCUT2D eigenvalue weighted by Crippen LogP contribution is -2.35. The zero-order valence-corrected chi connectivity index (χ0v) is 31.6. The minimum Gasteiger partial charge on any atom is -0.493 e. The van der Waals surface area contributed by atoms with E-state index in [0.717, 1.165) is 71.7 Å². The predicted molar refractivity (Wildman–Crippen MR) is 206 cm³/mol. The fraction of sp³-hybridized carbons (Fsp3) is 0.333. The molecular weight excluding hydrogens is 684 g/mol. The average molecular weight is 731 g/mol. The number of benzene rings is 5. The van der Waals surface area contributed by atoms with E-state index >= 15 is 0 Å². The van der Waals surface area contributed by atoms with E-state index in [1.807, 2.05) is 18.2 Å². The van der Waals surface area contributed by atoms with E-state index in [-0.39, 0.29) is 24.5 Å².